The molecule has 0 bridgehead atoms. The second-order valence-electron chi connectivity index (χ2n) is 4.02. The van der Waals surface area contributed by atoms with Crippen molar-refractivity contribution in [2.45, 2.75) is 0 Å². The molecule has 1 fully saturated rings. The van der Waals surface area contributed by atoms with Gasteiger partial charge in [0.1, 0.15) is 12.4 Å². The summed E-state index contributed by atoms with van der Waals surface area (Å²) in [7, 11) is 0. The molecule has 0 spiro atoms. The number of halogens is 2. The highest BCUT2D eigenvalue weighted by atomic mass is 79.9. The highest BCUT2D eigenvalue weighted by Gasteiger charge is 2.39. The van der Waals surface area contributed by atoms with Crippen LogP contribution in [0.25, 0.3) is 0 Å². The average Bonchev–Trinajstić information content (AvgIpc) is 2.22. The molecule has 0 atom stereocenters. The van der Waals surface area contributed by atoms with Gasteiger partial charge in [0.25, 0.3) is 0 Å². The van der Waals surface area contributed by atoms with Gasteiger partial charge in [0.05, 0.1) is 30.3 Å². The number of hydrogen-bond acceptors (Lipinski definition) is 3. The zero-order valence-corrected chi connectivity index (χ0v) is 10.9. The Morgan fingerprint density at radius 1 is 1.50 bits per heavy atom. The van der Waals surface area contributed by atoms with Crippen molar-refractivity contribution in [3.63, 3.8) is 0 Å². The van der Waals surface area contributed by atoms with Gasteiger partial charge in [-0.05, 0) is 34.1 Å². The minimum absolute atomic E-state index is 0.0806. The van der Waals surface area contributed by atoms with Gasteiger partial charge in [-0.3, -0.25) is 0 Å². The van der Waals surface area contributed by atoms with Crippen LogP contribution in [0.15, 0.2) is 22.7 Å². The van der Waals surface area contributed by atoms with E-state index in [0.29, 0.717) is 30.6 Å². The minimum Gasteiger partial charge on any atom is -0.493 e. The molecule has 1 N–H and O–H groups in total. The fourth-order valence-electron chi connectivity index (χ4n) is 1.41. The molecule has 3 nitrogen and oxygen atoms in total. The fraction of sp³-hybridized carbons (Fsp3) is 0.455. The van der Waals surface area contributed by atoms with Crippen molar-refractivity contribution in [2.24, 2.45) is 5.41 Å². The zero-order chi connectivity index (χ0) is 11.6. The van der Waals surface area contributed by atoms with Crippen LogP contribution < -0.4 is 4.74 Å². The summed E-state index contributed by atoms with van der Waals surface area (Å²) >= 11 is 9.26. The van der Waals surface area contributed by atoms with Gasteiger partial charge < -0.3 is 14.6 Å². The van der Waals surface area contributed by atoms with Gasteiger partial charge >= 0.3 is 0 Å². The van der Waals surface area contributed by atoms with Gasteiger partial charge in [0.15, 0.2) is 0 Å². The van der Waals surface area contributed by atoms with E-state index in [1.165, 1.54) is 0 Å². The Balaban J connectivity index is 1.96. The number of benzene rings is 1. The van der Waals surface area contributed by atoms with Crippen LogP contribution in [0, 0.1) is 5.41 Å². The van der Waals surface area contributed by atoms with Crippen molar-refractivity contribution in [3.05, 3.63) is 27.7 Å². The largest absolute Gasteiger partial charge is 0.493 e. The van der Waals surface area contributed by atoms with Crippen LogP contribution in [-0.2, 0) is 4.74 Å². The first kappa shape index (κ1) is 12.2. The second-order valence-corrected chi connectivity index (χ2v) is 5.28. The highest BCUT2D eigenvalue weighted by molar-refractivity contribution is 9.10. The third kappa shape index (κ3) is 2.51. The molecule has 16 heavy (non-hydrogen) atoms. The molecule has 1 aliphatic rings. The summed E-state index contributed by atoms with van der Waals surface area (Å²) in [5.41, 5.74) is -0.237. The van der Waals surface area contributed by atoms with Crippen LogP contribution >= 0.6 is 27.5 Å². The summed E-state index contributed by atoms with van der Waals surface area (Å²) in [4.78, 5) is 0. The standard InChI is InChI=1S/C11H12BrClO3/c12-9-2-1-8(3-10(9)13)16-7-11(4-14)5-15-6-11/h1-3,14H,4-7H2. The van der Waals surface area contributed by atoms with Crippen molar-refractivity contribution in [1.82, 2.24) is 0 Å². The number of ether oxygens (including phenoxy) is 2. The molecule has 1 heterocycles. The summed E-state index contributed by atoms with van der Waals surface area (Å²) in [5, 5.41) is 9.83. The smallest absolute Gasteiger partial charge is 0.120 e. The summed E-state index contributed by atoms with van der Waals surface area (Å²) in [5.74, 6) is 0.702. The lowest BCUT2D eigenvalue weighted by Gasteiger charge is -2.39. The lowest BCUT2D eigenvalue weighted by Crippen LogP contribution is -2.49. The molecule has 1 aromatic carbocycles. The van der Waals surface area contributed by atoms with E-state index in [2.05, 4.69) is 15.9 Å². The van der Waals surface area contributed by atoms with E-state index in [1.54, 1.807) is 6.07 Å². The normalized spacial score (nSPS) is 17.9. The molecular formula is C11H12BrClO3. The lowest BCUT2D eigenvalue weighted by atomic mass is 9.88. The topological polar surface area (TPSA) is 38.7 Å². The van der Waals surface area contributed by atoms with Crippen LogP contribution in [0.3, 0.4) is 0 Å². The van der Waals surface area contributed by atoms with E-state index in [1.807, 2.05) is 12.1 Å². The van der Waals surface area contributed by atoms with E-state index in [0.717, 1.165) is 4.47 Å². The van der Waals surface area contributed by atoms with Gasteiger partial charge in [-0.25, -0.2) is 0 Å². The van der Waals surface area contributed by atoms with Gasteiger partial charge in [-0.2, -0.15) is 0 Å². The quantitative estimate of drug-likeness (QED) is 0.929. The Labute approximate surface area is 107 Å². The molecule has 88 valence electrons. The van der Waals surface area contributed by atoms with Gasteiger partial charge in [0.2, 0.25) is 0 Å². The van der Waals surface area contributed by atoms with Crippen LogP contribution in [0.2, 0.25) is 5.02 Å². The van der Waals surface area contributed by atoms with E-state index in [-0.39, 0.29) is 12.0 Å². The van der Waals surface area contributed by atoms with Gasteiger partial charge in [0, 0.05) is 4.47 Å². The monoisotopic (exact) mass is 306 g/mol. The predicted molar refractivity (Wildman–Crippen MR) is 65.0 cm³/mol. The van der Waals surface area contributed by atoms with Crippen molar-refractivity contribution in [2.75, 3.05) is 26.4 Å². The maximum absolute atomic E-state index is 9.22. The first-order valence-electron chi connectivity index (χ1n) is 4.92. The van der Waals surface area contributed by atoms with E-state index in [4.69, 9.17) is 21.1 Å². The zero-order valence-electron chi connectivity index (χ0n) is 8.58. The molecule has 1 aliphatic heterocycles. The molecule has 1 aromatic rings. The SMILES string of the molecule is OCC1(COc2ccc(Br)c(Cl)c2)COC1. The van der Waals surface area contributed by atoms with Crippen LogP contribution in [0.4, 0.5) is 0 Å². The fourth-order valence-corrected chi connectivity index (χ4v) is 1.83. The lowest BCUT2D eigenvalue weighted by molar-refractivity contribution is -0.153. The maximum Gasteiger partial charge on any atom is 0.120 e. The summed E-state index contributed by atoms with van der Waals surface area (Å²) in [6.45, 7) is 1.63. The Hall–Kier alpha value is -0.290. The van der Waals surface area contributed by atoms with Crippen LogP contribution in [0.1, 0.15) is 0 Å². The Morgan fingerprint density at radius 3 is 2.75 bits per heavy atom. The summed E-state index contributed by atoms with van der Waals surface area (Å²) < 4.78 is 11.5. The number of aliphatic hydroxyl groups excluding tert-OH is 1. The molecule has 0 aromatic heterocycles. The van der Waals surface area contributed by atoms with Gasteiger partial charge in [-0.1, -0.05) is 11.6 Å². The van der Waals surface area contributed by atoms with E-state index < -0.39 is 0 Å². The highest BCUT2D eigenvalue weighted by Crippen LogP contribution is 2.30. The van der Waals surface area contributed by atoms with Crippen LogP contribution in [-0.4, -0.2) is 31.5 Å². The molecule has 2 rings (SSSR count). The summed E-state index contributed by atoms with van der Waals surface area (Å²) in [6.07, 6.45) is 0. The van der Waals surface area contributed by atoms with Crippen molar-refractivity contribution in [3.8, 4) is 5.75 Å². The molecule has 0 amide bonds. The molecular weight excluding hydrogens is 295 g/mol. The molecule has 0 unspecified atom stereocenters. The third-order valence-corrected chi connectivity index (χ3v) is 3.82. The number of rotatable bonds is 4. The Bertz CT molecular complexity index is 374. The molecule has 0 saturated carbocycles. The Kier molecular flexibility index (Phi) is 3.74. The average molecular weight is 308 g/mol. The molecule has 0 aliphatic carbocycles. The predicted octanol–water partition coefficient (Wildman–Crippen LogP) is 2.49. The van der Waals surface area contributed by atoms with E-state index >= 15 is 0 Å². The third-order valence-electron chi connectivity index (χ3n) is 2.59. The number of hydrogen-bond donors (Lipinski definition) is 1. The Morgan fingerprint density at radius 2 is 2.25 bits per heavy atom. The molecule has 0 radical (unpaired) electrons. The van der Waals surface area contributed by atoms with Crippen molar-refractivity contribution >= 4 is 27.5 Å². The van der Waals surface area contributed by atoms with Crippen LogP contribution in [0.5, 0.6) is 5.75 Å². The minimum atomic E-state index is -0.237. The first-order chi connectivity index (χ1) is 7.65. The first-order valence-corrected chi connectivity index (χ1v) is 6.09. The molecule has 1 saturated heterocycles. The second kappa shape index (κ2) is 4.92. The maximum atomic E-state index is 9.22. The molecule has 5 heteroatoms. The number of aliphatic hydroxyl groups is 1. The summed E-state index contributed by atoms with van der Waals surface area (Å²) in [6, 6.07) is 5.41. The van der Waals surface area contributed by atoms with Gasteiger partial charge in [-0.15, -0.1) is 0 Å². The van der Waals surface area contributed by atoms with Crippen molar-refractivity contribution in [1.29, 1.82) is 0 Å². The van der Waals surface area contributed by atoms with E-state index in [9.17, 15) is 5.11 Å². The van der Waals surface area contributed by atoms with Crippen molar-refractivity contribution < 1.29 is 14.6 Å².